The van der Waals surface area contributed by atoms with Gasteiger partial charge in [0.1, 0.15) is 11.4 Å². The van der Waals surface area contributed by atoms with Crippen molar-refractivity contribution in [1.29, 1.82) is 0 Å². The fourth-order valence-electron chi connectivity index (χ4n) is 3.02. The highest BCUT2D eigenvalue weighted by atomic mass is 16.6. The van der Waals surface area contributed by atoms with E-state index in [0.29, 0.717) is 11.5 Å². The van der Waals surface area contributed by atoms with Gasteiger partial charge in [0.2, 0.25) is 5.82 Å². The molecule has 0 aliphatic rings. The molecule has 0 atom stereocenters. The minimum Gasteiger partial charge on any atom is -0.443 e. The average Bonchev–Trinajstić information content (AvgIpc) is 2.77. The molecule has 0 spiro atoms. The summed E-state index contributed by atoms with van der Waals surface area (Å²) in [4.78, 5) is 27.0. The van der Waals surface area contributed by atoms with Crippen molar-refractivity contribution >= 4 is 17.6 Å². The van der Waals surface area contributed by atoms with Crippen molar-refractivity contribution in [2.75, 3.05) is 4.90 Å². The molecular weight excluding hydrogens is 430 g/mol. The summed E-state index contributed by atoms with van der Waals surface area (Å²) in [6, 6.07) is 16.7. The van der Waals surface area contributed by atoms with Gasteiger partial charge >= 0.3 is 6.09 Å². The fraction of sp³-hybridized carbons (Fsp3) is 0.385. The fourth-order valence-corrected chi connectivity index (χ4v) is 3.02. The number of rotatable bonds is 6. The lowest BCUT2D eigenvalue weighted by molar-refractivity contribution is -0.125. The normalized spacial score (nSPS) is 11.7. The van der Waals surface area contributed by atoms with Crippen LogP contribution in [0.25, 0.3) is 11.4 Å². The van der Waals surface area contributed by atoms with E-state index < -0.39 is 17.1 Å². The van der Waals surface area contributed by atoms with Crippen LogP contribution in [0.4, 0.5) is 10.5 Å². The van der Waals surface area contributed by atoms with E-state index in [2.05, 4.69) is 20.4 Å². The Morgan fingerprint density at radius 1 is 0.853 bits per heavy atom. The van der Waals surface area contributed by atoms with E-state index >= 15 is 0 Å². The third kappa shape index (κ3) is 6.91. The first-order chi connectivity index (χ1) is 15.9. The number of anilines is 1. The van der Waals surface area contributed by atoms with Crippen LogP contribution in [0, 0.1) is 5.41 Å². The number of carbonyl (C=O) groups is 2. The number of nitrogens with zero attached hydrogens (tertiary/aromatic N) is 5. The van der Waals surface area contributed by atoms with E-state index in [9.17, 15) is 9.59 Å². The maximum Gasteiger partial charge on any atom is 0.415 e. The molecule has 0 bridgehead atoms. The summed E-state index contributed by atoms with van der Waals surface area (Å²) >= 11 is 0. The topological polar surface area (TPSA) is 98.2 Å². The number of ether oxygens (including phenoxy) is 1. The first kappa shape index (κ1) is 25.0. The van der Waals surface area contributed by atoms with E-state index in [1.54, 1.807) is 26.8 Å². The van der Waals surface area contributed by atoms with Crippen molar-refractivity contribution in [3.8, 4) is 11.4 Å². The molecule has 8 nitrogen and oxygen atoms in total. The monoisotopic (exact) mass is 461 g/mol. The van der Waals surface area contributed by atoms with E-state index in [0.717, 1.165) is 11.1 Å². The van der Waals surface area contributed by atoms with E-state index in [-0.39, 0.29) is 24.6 Å². The van der Waals surface area contributed by atoms with Crippen LogP contribution in [-0.2, 0) is 22.5 Å². The number of hydrogen-bond donors (Lipinski definition) is 0. The van der Waals surface area contributed by atoms with Gasteiger partial charge in [-0.05, 0) is 38.5 Å². The van der Waals surface area contributed by atoms with E-state index in [1.807, 2.05) is 69.3 Å². The molecule has 2 aromatic carbocycles. The van der Waals surface area contributed by atoms with Crippen LogP contribution < -0.4 is 4.90 Å². The predicted molar refractivity (Wildman–Crippen MR) is 130 cm³/mol. The lowest BCUT2D eigenvalue weighted by atomic mass is 9.87. The van der Waals surface area contributed by atoms with Gasteiger partial charge in [0.25, 0.3) is 0 Å². The van der Waals surface area contributed by atoms with Crippen LogP contribution >= 0.6 is 0 Å². The number of aromatic nitrogens is 4. The molecular formula is C26H31N5O3. The summed E-state index contributed by atoms with van der Waals surface area (Å²) in [6.45, 7) is 11.1. The van der Waals surface area contributed by atoms with Gasteiger partial charge in [-0.15, -0.1) is 20.4 Å². The molecule has 0 unspecified atom stereocenters. The molecule has 34 heavy (non-hydrogen) atoms. The molecule has 0 saturated carbocycles. The highest BCUT2D eigenvalue weighted by Gasteiger charge is 2.26. The van der Waals surface area contributed by atoms with Crippen molar-refractivity contribution in [1.82, 2.24) is 20.4 Å². The number of amides is 1. The minimum absolute atomic E-state index is 0.0145. The number of ketones is 1. The van der Waals surface area contributed by atoms with Gasteiger partial charge in [-0.3, -0.25) is 9.69 Å². The van der Waals surface area contributed by atoms with Crippen molar-refractivity contribution in [3.63, 3.8) is 0 Å². The molecule has 1 amide bonds. The first-order valence-electron chi connectivity index (χ1n) is 11.2. The zero-order valence-electron chi connectivity index (χ0n) is 20.6. The van der Waals surface area contributed by atoms with Gasteiger partial charge in [0.15, 0.2) is 5.82 Å². The van der Waals surface area contributed by atoms with Gasteiger partial charge in [-0.25, -0.2) is 4.79 Å². The Hall–Kier alpha value is -3.68. The van der Waals surface area contributed by atoms with Gasteiger partial charge in [-0.1, -0.05) is 63.2 Å². The molecule has 0 aliphatic heterocycles. The minimum atomic E-state index is -0.691. The van der Waals surface area contributed by atoms with Crippen LogP contribution in [0.2, 0.25) is 0 Å². The molecule has 1 heterocycles. The Kier molecular flexibility index (Phi) is 7.39. The van der Waals surface area contributed by atoms with E-state index in [4.69, 9.17) is 4.74 Å². The molecule has 0 fully saturated rings. The number of Topliss-reactive ketones (excluding diaryl/α,β-unsaturated/α-hetero) is 1. The van der Waals surface area contributed by atoms with Crippen LogP contribution in [-0.4, -0.2) is 37.9 Å². The second-order valence-corrected chi connectivity index (χ2v) is 10.1. The summed E-state index contributed by atoms with van der Waals surface area (Å²) in [5.41, 5.74) is 1.04. The third-order valence-corrected chi connectivity index (χ3v) is 4.89. The second kappa shape index (κ2) is 10.1. The third-order valence-electron chi connectivity index (χ3n) is 4.89. The molecule has 178 valence electrons. The molecule has 3 rings (SSSR count). The number of carbonyl (C=O) groups excluding carboxylic acids is 2. The summed E-state index contributed by atoms with van der Waals surface area (Å²) < 4.78 is 5.62. The number of benzene rings is 2. The molecule has 1 aromatic heterocycles. The SMILES string of the molecule is CC(C)(C)OC(=O)N(Cc1nnc(-c2ccccc2)nn1)c1cccc(CC(=O)C(C)(C)C)c1. The Morgan fingerprint density at radius 2 is 1.50 bits per heavy atom. The van der Waals surface area contributed by atoms with Crippen molar-refractivity contribution < 1.29 is 14.3 Å². The Labute approximate surface area is 200 Å². The number of hydrogen-bond acceptors (Lipinski definition) is 7. The molecule has 0 N–H and O–H groups in total. The van der Waals surface area contributed by atoms with Crippen LogP contribution in [0.15, 0.2) is 54.6 Å². The van der Waals surface area contributed by atoms with Gasteiger partial charge < -0.3 is 4.74 Å². The van der Waals surface area contributed by atoms with Crippen molar-refractivity contribution in [3.05, 3.63) is 66.0 Å². The Bertz CT molecular complexity index is 1130. The zero-order valence-corrected chi connectivity index (χ0v) is 20.6. The van der Waals surface area contributed by atoms with E-state index in [1.165, 1.54) is 4.90 Å². The van der Waals surface area contributed by atoms with Crippen molar-refractivity contribution in [2.24, 2.45) is 5.41 Å². The van der Waals surface area contributed by atoms with Gasteiger partial charge in [0, 0.05) is 23.1 Å². The average molecular weight is 462 g/mol. The zero-order chi connectivity index (χ0) is 24.9. The standard InChI is InChI=1S/C26H31N5O3/c1-25(2,3)21(32)16-18-11-10-14-20(15-18)31(24(33)34-26(4,5)6)17-22-27-29-23(30-28-22)19-12-8-7-9-13-19/h7-15H,16-17H2,1-6H3. The van der Waals surface area contributed by atoms with Crippen LogP contribution in [0.3, 0.4) is 0 Å². The van der Waals surface area contributed by atoms with Gasteiger partial charge in [0.05, 0.1) is 6.54 Å². The summed E-state index contributed by atoms with van der Waals surface area (Å²) in [7, 11) is 0. The Morgan fingerprint density at radius 3 is 2.09 bits per heavy atom. The molecule has 0 radical (unpaired) electrons. The maximum absolute atomic E-state index is 13.1. The lowest BCUT2D eigenvalue weighted by Gasteiger charge is -2.27. The highest BCUT2D eigenvalue weighted by Crippen LogP contribution is 2.24. The van der Waals surface area contributed by atoms with Crippen LogP contribution in [0.5, 0.6) is 0 Å². The summed E-state index contributed by atoms with van der Waals surface area (Å²) in [5, 5.41) is 16.7. The van der Waals surface area contributed by atoms with Gasteiger partial charge in [-0.2, -0.15) is 0 Å². The molecule has 3 aromatic rings. The highest BCUT2D eigenvalue weighted by molar-refractivity contribution is 5.89. The Balaban J connectivity index is 1.88. The first-order valence-corrected chi connectivity index (χ1v) is 11.2. The second-order valence-electron chi connectivity index (χ2n) is 10.1. The molecule has 0 aliphatic carbocycles. The predicted octanol–water partition coefficient (Wildman–Crippen LogP) is 5.03. The lowest BCUT2D eigenvalue weighted by Crippen LogP contribution is -2.37. The summed E-state index contributed by atoms with van der Waals surface area (Å²) in [6.07, 6.45) is -0.284. The largest absolute Gasteiger partial charge is 0.443 e. The quantitative estimate of drug-likeness (QED) is 0.507. The van der Waals surface area contributed by atoms with Crippen LogP contribution in [0.1, 0.15) is 52.9 Å². The smallest absolute Gasteiger partial charge is 0.415 e. The molecule has 8 heteroatoms. The van der Waals surface area contributed by atoms with Crippen molar-refractivity contribution in [2.45, 2.75) is 60.1 Å². The molecule has 0 saturated heterocycles. The maximum atomic E-state index is 13.1. The summed E-state index contributed by atoms with van der Waals surface area (Å²) in [5.74, 6) is 0.777.